The van der Waals surface area contributed by atoms with Crippen molar-refractivity contribution in [2.75, 3.05) is 13.6 Å². The Kier molecular flexibility index (Phi) is 10.2. The number of likely N-dealkylation sites (tertiary alicyclic amines) is 1. The molecule has 2 aromatic rings. The number of aryl methyl sites for hydroxylation is 1. The summed E-state index contributed by atoms with van der Waals surface area (Å²) in [6.07, 6.45) is 1.35. The smallest absolute Gasteiger partial charge is 0.246 e. The highest BCUT2D eigenvalue weighted by Gasteiger charge is 2.39. The van der Waals surface area contributed by atoms with E-state index >= 15 is 0 Å². The number of nitrogens with two attached hydrogens (primary N) is 1. The molecule has 39 heavy (non-hydrogen) atoms. The average Bonchev–Trinajstić information content (AvgIpc) is 3.40. The minimum absolute atomic E-state index is 0.172. The van der Waals surface area contributed by atoms with Crippen LogP contribution in [0.15, 0.2) is 48.5 Å². The number of primary amides is 1. The molecule has 9 nitrogen and oxygen atoms in total. The van der Waals surface area contributed by atoms with Gasteiger partial charge in [0.15, 0.2) is 0 Å². The maximum atomic E-state index is 13.5. The lowest BCUT2D eigenvalue weighted by molar-refractivity contribution is -0.143. The third kappa shape index (κ3) is 7.66. The molecule has 0 bridgehead atoms. The molecule has 1 aliphatic rings. The van der Waals surface area contributed by atoms with Crippen molar-refractivity contribution in [3.63, 3.8) is 0 Å². The van der Waals surface area contributed by atoms with E-state index in [4.69, 9.17) is 5.73 Å². The number of hydrogen-bond acceptors (Lipinski definition) is 5. The summed E-state index contributed by atoms with van der Waals surface area (Å²) in [7, 11) is 1.67. The molecule has 4 atom stereocenters. The van der Waals surface area contributed by atoms with Crippen molar-refractivity contribution in [2.45, 2.75) is 71.1 Å². The predicted molar refractivity (Wildman–Crippen MR) is 151 cm³/mol. The fourth-order valence-electron chi connectivity index (χ4n) is 4.83. The van der Waals surface area contributed by atoms with Crippen LogP contribution in [0.5, 0.6) is 0 Å². The highest BCUT2D eigenvalue weighted by molar-refractivity contribution is 5.95. The van der Waals surface area contributed by atoms with E-state index in [1.165, 1.54) is 4.90 Å². The summed E-state index contributed by atoms with van der Waals surface area (Å²) in [5.41, 5.74) is 9.77. The molecule has 3 rings (SSSR count). The predicted octanol–water partition coefficient (Wildman–Crippen LogP) is 1.91. The van der Waals surface area contributed by atoms with Gasteiger partial charge < -0.3 is 26.6 Å². The summed E-state index contributed by atoms with van der Waals surface area (Å²) < 4.78 is 0. The molecule has 0 saturated carbocycles. The number of nitrogens with one attached hydrogen (secondary N) is 3. The van der Waals surface area contributed by atoms with Crippen molar-refractivity contribution in [1.82, 2.24) is 20.9 Å². The van der Waals surface area contributed by atoms with Crippen LogP contribution in [0.4, 0.5) is 0 Å². The van der Waals surface area contributed by atoms with E-state index in [1.807, 2.05) is 63.2 Å². The minimum atomic E-state index is -0.931. The zero-order valence-corrected chi connectivity index (χ0v) is 23.5. The summed E-state index contributed by atoms with van der Waals surface area (Å²) in [4.78, 5) is 53.2. The molecule has 0 radical (unpaired) electrons. The molecule has 1 fully saturated rings. The highest BCUT2D eigenvalue weighted by atomic mass is 16.2. The second kappa shape index (κ2) is 13.4. The summed E-state index contributed by atoms with van der Waals surface area (Å²) in [6.45, 7) is 7.85. The van der Waals surface area contributed by atoms with E-state index in [-0.39, 0.29) is 24.2 Å². The number of amides is 4. The van der Waals surface area contributed by atoms with Crippen LogP contribution in [-0.4, -0.2) is 66.3 Å². The number of benzene rings is 2. The standard InChI is InChI=1S/C30H41N5O4/c1-18(2)26(34-28(37)20(4)32-5)30(39)35-14-8-13-25(35)29(38)33-24(27(31)36)17-21-10-7-12-23(16-21)22-11-6-9-19(3)15-22/h6-7,9-12,15-16,18,20,24-26,32H,8,13-14,17H2,1-5H3,(H2,31,36)(H,33,38)(H,34,37)/t20-,24-,25-,26-/m0/s1. The van der Waals surface area contributed by atoms with Gasteiger partial charge in [-0.2, -0.15) is 0 Å². The summed E-state index contributed by atoms with van der Waals surface area (Å²) in [5, 5.41) is 8.48. The van der Waals surface area contributed by atoms with Gasteiger partial charge in [0.05, 0.1) is 6.04 Å². The van der Waals surface area contributed by atoms with Crippen molar-refractivity contribution in [3.8, 4) is 11.1 Å². The van der Waals surface area contributed by atoms with Gasteiger partial charge >= 0.3 is 0 Å². The SMILES string of the molecule is CN[C@@H](C)C(=O)N[C@H](C(=O)N1CCC[C@H]1C(=O)N[C@@H](Cc1cccc(-c2cccc(C)c2)c1)C(N)=O)C(C)C. The summed E-state index contributed by atoms with van der Waals surface area (Å²) in [6, 6.07) is 13.0. The quantitative estimate of drug-likeness (QED) is 0.349. The largest absolute Gasteiger partial charge is 0.368 e. The first-order valence-corrected chi connectivity index (χ1v) is 13.6. The molecule has 210 valence electrons. The van der Waals surface area contributed by atoms with E-state index in [9.17, 15) is 19.2 Å². The number of carbonyl (C=O) groups is 4. The van der Waals surface area contributed by atoms with Crippen LogP contribution >= 0.6 is 0 Å². The number of nitrogens with zero attached hydrogens (tertiary/aromatic N) is 1. The molecule has 0 aliphatic carbocycles. The zero-order chi connectivity index (χ0) is 28.7. The lowest BCUT2D eigenvalue weighted by Crippen LogP contribution is -2.58. The van der Waals surface area contributed by atoms with Crippen molar-refractivity contribution in [3.05, 3.63) is 59.7 Å². The van der Waals surface area contributed by atoms with Gasteiger partial charge in [0.1, 0.15) is 18.1 Å². The molecule has 1 aliphatic heterocycles. The van der Waals surface area contributed by atoms with E-state index in [0.717, 1.165) is 22.3 Å². The van der Waals surface area contributed by atoms with E-state index in [0.29, 0.717) is 19.4 Å². The molecule has 1 saturated heterocycles. The van der Waals surface area contributed by atoms with Crippen LogP contribution in [-0.2, 0) is 25.6 Å². The lowest BCUT2D eigenvalue weighted by Gasteiger charge is -2.31. The van der Waals surface area contributed by atoms with E-state index < -0.39 is 36.0 Å². The monoisotopic (exact) mass is 535 g/mol. The maximum absolute atomic E-state index is 13.5. The Morgan fingerprint density at radius 1 is 1.00 bits per heavy atom. The second-order valence-corrected chi connectivity index (χ2v) is 10.7. The molecule has 0 unspecified atom stereocenters. The number of carbonyl (C=O) groups excluding carboxylic acids is 4. The zero-order valence-electron chi connectivity index (χ0n) is 23.5. The third-order valence-electron chi connectivity index (χ3n) is 7.27. The van der Waals surface area contributed by atoms with Crippen LogP contribution < -0.4 is 21.7 Å². The van der Waals surface area contributed by atoms with Gasteiger partial charge in [-0.05, 0) is 56.3 Å². The van der Waals surface area contributed by atoms with Crippen molar-refractivity contribution < 1.29 is 19.2 Å². The van der Waals surface area contributed by atoms with Gasteiger partial charge in [-0.25, -0.2) is 0 Å². The van der Waals surface area contributed by atoms with Crippen molar-refractivity contribution >= 4 is 23.6 Å². The summed E-state index contributed by atoms with van der Waals surface area (Å²) >= 11 is 0. The summed E-state index contributed by atoms with van der Waals surface area (Å²) in [5.74, 6) is -1.83. The van der Waals surface area contributed by atoms with Crippen LogP contribution in [0.3, 0.4) is 0 Å². The van der Waals surface area contributed by atoms with Gasteiger partial charge in [-0.3, -0.25) is 19.2 Å². The first-order chi connectivity index (χ1) is 18.5. The Labute approximate surface area is 230 Å². The van der Waals surface area contributed by atoms with Crippen LogP contribution in [0.25, 0.3) is 11.1 Å². The van der Waals surface area contributed by atoms with Crippen LogP contribution in [0, 0.1) is 12.8 Å². The third-order valence-corrected chi connectivity index (χ3v) is 7.27. The van der Waals surface area contributed by atoms with E-state index in [2.05, 4.69) is 22.0 Å². The average molecular weight is 536 g/mol. The lowest BCUT2D eigenvalue weighted by atomic mass is 9.98. The van der Waals surface area contributed by atoms with Crippen molar-refractivity contribution in [1.29, 1.82) is 0 Å². The fraction of sp³-hybridized carbons (Fsp3) is 0.467. The first-order valence-electron chi connectivity index (χ1n) is 13.6. The molecule has 0 aromatic heterocycles. The number of rotatable bonds is 11. The molecule has 4 amide bonds. The number of likely N-dealkylation sites (N-methyl/N-ethyl adjacent to an activating group) is 1. The number of hydrogen-bond donors (Lipinski definition) is 4. The Balaban J connectivity index is 1.72. The van der Waals surface area contributed by atoms with Gasteiger partial charge in [0.25, 0.3) is 0 Å². The molecular formula is C30H41N5O4. The van der Waals surface area contributed by atoms with Crippen LogP contribution in [0.2, 0.25) is 0 Å². The molecular weight excluding hydrogens is 494 g/mol. The Hall–Kier alpha value is -3.72. The molecule has 2 aromatic carbocycles. The normalized spacial score (nSPS) is 17.4. The fourth-order valence-corrected chi connectivity index (χ4v) is 4.83. The maximum Gasteiger partial charge on any atom is 0.246 e. The van der Waals surface area contributed by atoms with Gasteiger partial charge in [-0.1, -0.05) is 67.9 Å². The minimum Gasteiger partial charge on any atom is -0.368 e. The van der Waals surface area contributed by atoms with Crippen molar-refractivity contribution in [2.24, 2.45) is 11.7 Å². The molecule has 1 heterocycles. The van der Waals surface area contributed by atoms with Gasteiger partial charge in [0, 0.05) is 13.0 Å². The second-order valence-electron chi connectivity index (χ2n) is 10.7. The van der Waals surface area contributed by atoms with Gasteiger partial charge in [0.2, 0.25) is 23.6 Å². The first kappa shape index (κ1) is 29.8. The molecule has 0 spiro atoms. The van der Waals surface area contributed by atoms with Gasteiger partial charge in [-0.15, -0.1) is 0 Å². The van der Waals surface area contributed by atoms with Crippen LogP contribution in [0.1, 0.15) is 44.7 Å². The topological polar surface area (TPSA) is 134 Å². The van der Waals surface area contributed by atoms with E-state index in [1.54, 1.807) is 14.0 Å². The molecule has 5 N–H and O–H groups in total. The Morgan fingerprint density at radius 2 is 1.67 bits per heavy atom. The highest BCUT2D eigenvalue weighted by Crippen LogP contribution is 2.23. The Bertz CT molecular complexity index is 1200. The molecule has 9 heteroatoms. The Morgan fingerprint density at radius 3 is 2.28 bits per heavy atom.